The molecule has 0 saturated carbocycles. The Balaban J connectivity index is 3.77. The topological polar surface area (TPSA) is 0 Å². The Labute approximate surface area is 141 Å². The molecule has 0 bridgehead atoms. The molecule has 0 heterocycles. The summed E-state index contributed by atoms with van der Waals surface area (Å²) >= 11 is 0.116. The summed E-state index contributed by atoms with van der Waals surface area (Å²) in [5.74, 6) is 0. The number of hydrogen-bond acceptors (Lipinski definition) is 0. The molecular formula is C17H39PScSi. The van der Waals surface area contributed by atoms with Gasteiger partial charge in [-0.15, -0.1) is 0 Å². The molecule has 20 heavy (non-hydrogen) atoms. The Morgan fingerprint density at radius 2 is 1.30 bits per heavy atom. The van der Waals surface area contributed by atoms with Gasteiger partial charge in [0.15, 0.2) is 0 Å². The van der Waals surface area contributed by atoms with Crippen LogP contribution in [0.2, 0.25) is 18.1 Å². The third kappa shape index (κ3) is 10.3. The minimum absolute atomic E-state index is 0.116. The van der Waals surface area contributed by atoms with E-state index in [4.69, 9.17) is 0 Å². The van der Waals surface area contributed by atoms with Gasteiger partial charge < -0.3 is 0 Å². The second kappa shape index (κ2) is 14.1. The monoisotopic (exact) mass is 347 g/mol. The second-order valence-corrected chi connectivity index (χ2v) is 27.7. The van der Waals surface area contributed by atoms with Gasteiger partial charge in [-0.05, 0) is 0 Å². The molecule has 0 spiro atoms. The van der Waals surface area contributed by atoms with Gasteiger partial charge in [0.25, 0.3) is 0 Å². The fraction of sp³-hybridized carbons (Fsp3) is 1.00. The van der Waals surface area contributed by atoms with Gasteiger partial charge in [-0.2, -0.15) is 0 Å². The molecular weight excluding hydrogens is 308 g/mol. The molecule has 0 aromatic rings. The van der Waals surface area contributed by atoms with Crippen LogP contribution >= 0.6 is 5.27 Å². The van der Waals surface area contributed by atoms with Crippen molar-refractivity contribution in [1.29, 1.82) is 0 Å². The quantitative estimate of drug-likeness (QED) is 0.176. The summed E-state index contributed by atoms with van der Waals surface area (Å²) < 4.78 is 0. The van der Waals surface area contributed by atoms with Gasteiger partial charge >= 0.3 is 142 Å². The van der Waals surface area contributed by atoms with Crippen LogP contribution in [0.3, 0.4) is 0 Å². The zero-order valence-corrected chi connectivity index (χ0v) is 18.7. The van der Waals surface area contributed by atoms with Crippen LogP contribution < -0.4 is 0 Å². The van der Waals surface area contributed by atoms with Crippen LogP contribution in [0.4, 0.5) is 0 Å². The third-order valence-electron chi connectivity index (χ3n) is 4.76. The number of hydrogen-bond donors (Lipinski definition) is 0. The van der Waals surface area contributed by atoms with Crippen LogP contribution in [-0.2, 0) is 21.5 Å². The molecule has 0 aliphatic carbocycles. The first kappa shape index (κ1) is 21.5. The molecule has 0 radical (unpaired) electrons. The summed E-state index contributed by atoms with van der Waals surface area (Å²) in [6, 6.07) is 4.85. The van der Waals surface area contributed by atoms with Gasteiger partial charge in [0, 0.05) is 0 Å². The molecule has 0 aliphatic rings. The Bertz CT molecular complexity index is 207. The maximum atomic E-state index is 2.66. The molecule has 0 saturated heterocycles. The molecule has 3 heteroatoms. The van der Waals surface area contributed by atoms with Crippen molar-refractivity contribution in [3.63, 3.8) is 0 Å². The molecule has 0 aromatic heterocycles. The third-order valence-corrected chi connectivity index (χ3v) is 34.3. The first-order valence-electron chi connectivity index (χ1n) is 9.20. The van der Waals surface area contributed by atoms with Crippen molar-refractivity contribution in [2.24, 2.45) is 0 Å². The van der Waals surface area contributed by atoms with Gasteiger partial charge in [-0.25, -0.2) is 0 Å². The van der Waals surface area contributed by atoms with Crippen molar-refractivity contribution in [2.45, 2.75) is 97.2 Å². The number of unbranched alkanes of at least 4 members (excludes halogenated alkanes) is 6. The average molecular weight is 348 g/mol. The molecule has 0 aromatic carbocycles. The summed E-state index contributed by atoms with van der Waals surface area (Å²) in [5.41, 5.74) is 0. The molecule has 0 N–H and O–H groups in total. The van der Waals surface area contributed by atoms with Crippen molar-refractivity contribution in [3.05, 3.63) is 0 Å². The van der Waals surface area contributed by atoms with E-state index in [0.717, 1.165) is 0 Å². The summed E-state index contributed by atoms with van der Waals surface area (Å²) in [7, 11) is 0. The normalized spacial score (nSPS) is 13.2. The van der Waals surface area contributed by atoms with Crippen molar-refractivity contribution >= 4 is 10.5 Å². The van der Waals surface area contributed by atoms with E-state index >= 15 is 0 Å². The van der Waals surface area contributed by atoms with Gasteiger partial charge in [0.05, 0.1) is 0 Å². The van der Waals surface area contributed by atoms with E-state index in [9.17, 15) is 0 Å². The molecule has 119 valence electrons. The molecule has 0 aliphatic heterocycles. The van der Waals surface area contributed by atoms with Crippen LogP contribution in [0.15, 0.2) is 0 Å². The van der Waals surface area contributed by atoms with Gasteiger partial charge in [-0.3, -0.25) is 0 Å². The molecule has 1 unspecified atom stereocenters. The molecule has 0 amide bonds. The average Bonchev–Trinajstić information content (AvgIpc) is 2.45. The van der Waals surface area contributed by atoms with E-state index in [1.807, 2.05) is 0 Å². The predicted octanol–water partition coefficient (Wildman–Crippen LogP) is 7.24. The first-order chi connectivity index (χ1) is 9.64. The minimum atomic E-state index is -0.708. The first-order valence-corrected chi connectivity index (χ1v) is 19.1. The van der Waals surface area contributed by atoms with Crippen molar-refractivity contribution in [1.82, 2.24) is 0 Å². The fourth-order valence-corrected chi connectivity index (χ4v) is 36.5. The van der Waals surface area contributed by atoms with E-state index in [-0.39, 0.29) is 21.5 Å². The molecule has 0 nitrogen and oxygen atoms in total. The van der Waals surface area contributed by atoms with E-state index in [0.29, 0.717) is 5.27 Å². The van der Waals surface area contributed by atoms with E-state index in [1.165, 1.54) is 44.9 Å². The van der Waals surface area contributed by atoms with E-state index in [2.05, 4.69) is 34.4 Å². The summed E-state index contributed by atoms with van der Waals surface area (Å²) in [4.78, 5) is 0. The van der Waals surface area contributed by atoms with Crippen molar-refractivity contribution in [2.75, 3.05) is 12.8 Å². The van der Waals surface area contributed by atoms with Crippen LogP contribution in [-0.4, -0.2) is 18.1 Å². The Kier molecular flexibility index (Phi) is 15.2. The van der Waals surface area contributed by atoms with Crippen LogP contribution in [0.1, 0.15) is 79.1 Å². The molecule has 0 fully saturated rings. The standard InChI is InChI=1S/C10H22P.C7H17Si.Sc/c1-3-4-5-6-7-8-9-10-11-2;1-4-7-8(5-2)6-3;/h3-10H2,1-2H3;4-7H2,1-3H3;/q-1;;+1. The zero-order chi connectivity index (χ0) is 15.3. The number of rotatable bonds is 14. The van der Waals surface area contributed by atoms with Gasteiger partial charge in [-0.1, -0.05) is 0 Å². The van der Waals surface area contributed by atoms with Crippen LogP contribution in [0.25, 0.3) is 0 Å². The molecule has 0 rings (SSSR count). The second-order valence-electron chi connectivity index (χ2n) is 6.55. The maximum absolute atomic E-state index is 2.66. The Hall–Kier alpha value is 1.52. The SMILES string of the molecule is CCCCCCCCC[P](C)[Sc][Si](CC)(CC)CCC. The molecule has 1 atom stereocenters. The summed E-state index contributed by atoms with van der Waals surface area (Å²) in [6.45, 7) is 12.4. The summed E-state index contributed by atoms with van der Waals surface area (Å²) in [5, 5.41) is -0.209. The predicted molar refractivity (Wildman–Crippen MR) is 97.5 cm³/mol. The fourth-order valence-electron chi connectivity index (χ4n) is 3.20. The zero-order valence-electron chi connectivity index (χ0n) is 15.0. The Morgan fingerprint density at radius 1 is 0.750 bits per heavy atom. The van der Waals surface area contributed by atoms with Crippen molar-refractivity contribution in [3.8, 4) is 0 Å². The van der Waals surface area contributed by atoms with E-state index in [1.54, 1.807) is 30.7 Å². The Morgan fingerprint density at radius 3 is 1.80 bits per heavy atom. The van der Waals surface area contributed by atoms with Gasteiger partial charge in [0.2, 0.25) is 0 Å². The van der Waals surface area contributed by atoms with E-state index < -0.39 is 5.26 Å². The summed E-state index contributed by atoms with van der Waals surface area (Å²) in [6.07, 6.45) is 13.5. The van der Waals surface area contributed by atoms with Crippen LogP contribution in [0, 0.1) is 0 Å². The van der Waals surface area contributed by atoms with Crippen LogP contribution in [0.5, 0.6) is 0 Å². The van der Waals surface area contributed by atoms with Crippen molar-refractivity contribution < 1.29 is 21.5 Å². The van der Waals surface area contributed by atoms with Gasteiger partial charge in [0.1, 0.15) is 0 Å².